The summed E-state index contributed by atoms with van der Waals surface area (Å²) in [4.78, 5) is 13.8. The summed E-state index contributed by atoms with van der Waals surface area (Å²) in [5, 5.41) is 4.30. The highest BCUT2D eigenvalue weighted by atomic mass is 35.5. The smallest absolute Gasteiger partial charge is 0.410 e. The van der Waals surface area contributed by atoms with Gasteiger partial charge in [-0.2, -0.15) is 0 Å². The molecule has 0 radical (unpaired) electrons. The second-order valence-electron chi connectivity index (χ2n) is 6.84. The number of hydrogen-bond acceptors (Lipinski definition) is 3. The first kappa shape index (κ1) is 17.1. The standard InChI is InChI=1S/C17H25ClN2O2/c1-12-6-5-7-13(15(12)18)10-19-14-8-9-20(11-14)16(21)22-17(2,3)4/h5-7,14,19H,8-11H2,1-4H3/t14-/m0/s1. The molecule has 0 saturated carbocycles. The van der Waals surface area contributed by atoms with Gasteiger partial charge in [0, 0.05) is 30.7 Å². The predicted octanol–water partition coefficient (Wildman–Crippen LogP) is 3.75. The molecule has 4 nitrogen and oxygen atoms in total. The second kappa shape index (κ2) is 6.88. The SMILES string of the molecule is Cc1cccc(CN[C@H]2CCN(C(=O)OC(C)(C)C)C2)c1Cl. The minimum absolute atomic E-state index is 0.231. The number of halogens is 1. The maximum Gasteiger partial charge on any atom is 0.410 e. The molecule has 2 rings (SSSR count). The Labute approximate surface area is 137 Å². The lowest BCUT2D eigenvalue weighted by molar-refractivity contribution is 0.0291. The van der Waals surface area contributed by atoms with E-state index in [-0.39, 0.29) is 12.1 Å². The van der Waals surface area contributed by atoms with Crippen molar-refractivity contribution in [2.24, 2.45) is 0 Å². The third-order valence-electron chi connectivity index (χ3n) is 3.69. The minimum Gasteiger partial charge on any atom is -0.444 e. The van der Waals surface area contributed by atoms with Crippen LogP contribution in [-0.2, 0) is 11.3 Å². The average molecular weight is 325 g/mol. The molecule has 1 heterocycles. The highest BCUT2D eigenvalue weighted by molar-refractivity contribution is 6.32. The number of ether oxygens (including phenoxy) is 1. The van der Waals surface area contributed by atoms with E-state index in [0.717, 1.165) is 29.1 Å². The molecule has 0 bridgehead atoms. The van der Waals surface area contributed by atoms with Crippen molar-refractivity contribution in [1.82, 2.24) is 10.2 Å². The molecule has 1 amide bonds. The largest absolute Gasteiger partial charge is 0.444 e. The van der Waals surface area contributed by atoms with Gasteiger partial charge < -0.3 is 15.0 Å². The van der Waals surface area contributed by atoms with Crippen LogP contribution in [0.4, 0.5) is 4.79 Å². The Bertz CT molecular complexity index is 540. The van der Waals surface area contributed by atoms with E-state index in [1.807, 2.05) is 45.9 Å². The lowest BCUT2D eigenvalue weighted by Crippen LogP contribution is -2.38. The first-order chi connectivity index (χ1) is 10.3. The molecule has 0 aliphatic carbocycles. The molecule has 1 aromatic carbocycles. The van der Waals surface area contributed by atoms with E-state index < -0.39 is 5.60 Å². The number of nitrogens with one attached hydrogen (secondary N) is 1. The Morgan fingerprint density at radius 1 is 1.45 bits per heavy atom. The molecule has 5 heteroatoms. The molecule has 1 atom stereocenters. The summed E-state index contributed by atoms with van der Waals surface area (Å²) in [7, 11) is 0. The summed E-state index contributed by atoms with van der Waals surface area (Å²) in [6.07, 6.45) is 0.702. The van der Waals surface area contributed by atoms with Gasteiger partial charge in [0.25, 0.3) is 0 Å². The molecule has 0 spiro atoms. The topological polar surface area (TPSA) is 41.6 Å². The van der Waals surface area contributed by atoms with Crippen LogP contribution in [0.25, 0.3) is 0 Å². The van der Waals surface area contributed by atoms with Gasteiger partial charge in [0.05, 0.1) is 0 Å². The second-order valence-corrected chi connectivity index (χ2v) is 7.22. The lowest BCUT2D eigenvalue weighted by Gasteiger charge is -2.24. The van der Waals surface area contributed by atoms with Crippen molar-refractivity contribution in [3.8, 4) is 0 Å². The minimum atomic E-state index is -0.447. The summed E-state index contributed by atoms with van der Waals surface area (Å²) < 4.78 is 5.41. The number of hydrogen-bond donors (Lipinski definition) is 1. The van der Waals surface area contributed by atoms with Crippen molar-refractivity contribution in [1.29, 1.82) is 0 Å². The van der Waals surface area contributed by atoms with Crippen LogP contribution in [0.1, 0.15) is 38.3 Å². The summed E-state index contributed by atoms with van der Waals surface area (Å²) >= 11 is 6.31. The van der Waals surface area contributed by atoms with E-state index in [4.69, 9.17) is 16.3 Å². The molecule has 22 heavy (non-hydrogen) atoms. The van der Waals surface area contributed by atoms with Crippen molar-refractivity contribution >= 4 is 17.7 Å². The highest BCUT2D eigenvalue weighted by Crippen LogP contribution is 2.21. The fourth-order valence-electron chi connectivity index (χ4n) is 2.52. The molecule has 1 aromatic rings. The van der Waals surface area contributed by atoms with Gasteiger partial charge in [0.1, 0.15) is 5.60 Å². The zero-order valence-corrected chi connectivity index (χ0v) is 14.5. The molecule has 1 aliphatic rings. The molecule has 0 unspecified atom stereocenters. The number of nitrogens with zero attached hydrogens (tertiary/aromatic N) is 1. The van der Waals surface area contributed by atoms with Crippen molar-refractivity contribution in [3.63, 3.8) is 0 Å². The summed E-state index contributed by atoms with van der Waals surface area (Å²) in [5.41, 5.74) is 1.73. The van der Waals surface area contributed by atoms with Gasteiger partial charge in [0.2, 0.25) is 0 Å². The Hall–Kier alpha value is -1.26. The fourth-order valence-corrected chi connectivity index (χ4v) is 2.71. The van der Waals surface area contributed by atoms with E-state index in [1.165, 1.54) is 0 Å². The van der Waals surface area contributed by atoms with Crippen LogP contribution in [-0.4, -0.2) is 35.7 Å². The van der Waals surface area contributed by atoms with E-state index in [9.17, 15) is 4.79 Å². The number of aryl methyl sites for hydroxylation is 1. The Kier molecular flexibility index (Phi) is 5.35. The number of rotatable bonds is 3. The van der Waals surface area contributed by atoms with Crippen molar-refractivity contribution in [2.45, 2.75) is 52.3 Å². The molecule has 1 saturated heterocycles. The third kappa shape index (κ3) is 4.62. The van der Waals surface area contributed by atoms with Crippen LogP contribution in [0.15, 0.2) is 18.2 Å². The van der Waals surface area contributed by atoms with E-state index in [0.29, 0.717) is 13.1 Å². The van der Waals surface area contributed by atoms with Gasteiger partial charge in [-0.1, -0.05) is 29.8 Å². The normalized spacial score (nSPS) is 18.6. The first-order valence-electron chi connectivity index (χ1n) is 7.71. The summed E-state index contributed by atoms with van der Waals surface area (Å²) in [6, 6.07) is 6.33. The zero-order valence-electron chi connectivity index (χ0n) is 13.8. The molecular weight excluding hydrogens is 300 g/mol. The van der Waals surface area contributed by atoms with Crippen molar-refractivity contribution < 1.29 is 9.53 Å². The van der Waals surface area contributed by atoms with Crippen LogP contribution in [0.2, 0.25) is 5.02 Å². The van der Waals surface area contributed by atoms with E-state index in [2.05, 4.69) is 5.32 Å². The zero-order chi connectivity index (χ0) is 16.3. The van der Waals surface area contributed by atoms with Gasteiger partial charge in [0.15, 0.2) is 0 Å². The van der Waals surface area contributed by atoms with Crippen molar-refractivity contribution in [3.05, 3.63) is 34.3 Å². The molecule has 0 aromatic heterocycles. The fraction of sp³-hybridized carbons (Fsp3) is 0.588. The summed E-state index contributed by atoms with van der Waals surface area (Å²) in [6.45, 7) is 9.79. The van der Waals surface area contributed by atoms with Gasteiger partial charge >= 0.3 is 6.09 Å². The molecule has 1 fully saturated rings. The number of carbonyl (C=O) groups excluding carboxylic acids is 1. The quantitative estimate of drug-likeness (QED) is 0.920. The molecule has 1 N–H and O–H groups in total. The Morgan fingerprint density at radius 2 is 2.18 bits per heavy atom. The molecule has 122 valence electrons. The maximum absolute atomic E-state index is 12.0. The Morgan fingerprint density at radius 3 is 2.86 bits per heavy atom. The number of amides is 1. The molecule has 1 aliphatic heterocycles. The number of likely N-dealkylation sites (tertiary alicyclic amines) is 1. The van der Waals surface area contributed by atoms with Crippen LogP contribution in [0.3, 0.4) is 0 Å². The average Bonchev–Trinajstić information content (AvgIpc) is 2.87. The highest BCUT2D eigenvalue weighted by Gasteiger charge is 2.29. The number of benzene rings is 1. The van der Waals surface area contributed by atoms with E-state index >= 15 is 0 Å². The van der Waals surface area contributed by atoms with Gasteiger partial charge in [-0.15, -0.1) is 0 Å². The van der Waals surface area contributed by atoms with Gasteiger partial charge in [-0.3, -0.25) is 0 Å². The first-order valence-corrected chi connectivity index (χ1v) is 8.09. The van der Waals surface area contributed by atoms with Crippen LogP contribution < -0.4 is 5.32 Å². The molecular formula is C17H25ClN2O2. The van der Waals surface area contributed by atoms with Crippen molar-refractivity contribution in [2.75, 3.05) is 13.1 Å². The third-order valence-corrected chi connectivity index (χ3v) is 4.23. The predicted molar refractivity (Wildman–Crippen MR) is 89.2 cm³/mol. The van der Waals surface area contributed by atoms with Gasteiger partial charge in [-0.05, 0) is 45.2 Å². The van der Waals surface area contributed by atoms with E-state index in [1.54, 1.807) is 4.90 Å². The Balaban J connectivity index is 1.84. The number of carbonyl (C=O) groups is 1. The van der Waals surface area contributed by atoms with Crippen LogP contribution in [0, 0.1) is 6.92 Å². The lowest BCUT2D eigenvalue weighted by atomic mass is 10.1. The van der Waals surface area contributed by atoms with Gasteiger partial charge in [-0.25, -0.2) is 4.79 Å². The summed E-state index contributed by atoms with van der Waals surface area (Å²) in [5.74, 6) is 0. The van der Waals surface area contributed by atoms with Crippen LogP contribution in [0.5, 0.6) is 0 Å². The maximum atomic E-state index is 12.0. The van der Waals surface area contributed by atoms with Crippen LogP contribution >= 0.6 is 11.6 Å². The monoisotopic (exact) mass is 324 g/mol.